The van der Waals surface area contributed by atoms with Gasteiger partial charge in [0.1, 0.15) is 12.4 Å². The summed E-state index contributed by atoms with van der Waals surface area (Å²) in [5.41, 5.74) is -4.47. The van der Waals surface area contributed by atoms with E-state index < -0.39 is 11.4 Å². The molecule has 0 unspecified atom stereocenters. The average Bonchev–Trinajstić information content (AvgIpc) is 2.52. The van der Waals surface area contributed by atoms with E-state index >= 15 is 0 Å². The maximum atomic E-state index is 12.5. The van der Waals surface area contributed by atoms with Gasteiger partial charge in [-0.05, 0) is 48.2 Å². The number of amides is 1. The van der Waals surface area contributed by atoms with Gasteiger partial charge in [-0.25, -0.2) is 0 Å². The Morgan fingerprint density at radius 2 is 1.79 bits per heavy atom. The predicted molar refractivity (Wildman–Crippen MR) is 87.6 cm³/mol. The first-order chi connectivity index (χ1) is 11.3. The summed E-state index contributed by atoms with van der Waals surface area (Å²) in [7, 11) is 0. The highest BCUT2D eigenvalue weighted by Crippen LogP contribution is 2.38. The molecule has 8 heteroatoms. The summed E-state index contributed by atoms with van der Waals surface area (Å²) in [4.78, 5) is 11.9. The molecular weight excluding hydrogens is 363 g/mol. The first-order valence-electron chi connectivity index (χ1n) is 6.86. The number of thioether (sulfide) groups is 1. The van der Waals surface area contributed by atoms with Crippen LogP contribution in [-0.2, 0) is 0 Å². The van der Waals surface area contributed by atoms with Gasteiger partial charge < -0.3 is 10.1 Å². The van der Waals surface area contributed by atoms with Crippen molar-refractivity contribution in [2.45, 2.75) is 10.4 Å². The molecule has 0 aliphatic rings. The highest BCUT2D eigenvalue weighted by atomic mass is 35.5. The predicted octanol–water partition coefficient (Wildman–Crippen LogP) is 4.76. The van der Waals surface area contributed by atoms with Gasteiger partial charge in [-0.1, -0.05) is 23.7 Å². The third-order valence-electron chi connectivity index (χ3n) is 2.83. The van der Waals surface area contributed by atoms with Gasteiger partial charge in [0.15, 0.2) is 0 Å². The molecule has 0 heterocycles. The van der Waals surface area contributed by atoms with E-state index in [-0.39, 0.29) is 35.4 Å². The van der Waals surface area contributed by atoms with E-state index in [1.54, 1.807) is 24.3 Å². The van der Waals surface area contributed by atoms with E-state index in [9.17, 15) is 18.0 Å². The molecule has 1 amide bonds. The smallest absolute Gasteiger partial charge is 0.446 e. The van der Waals surface area contributed by atoms with Gasteiger partial charge in [0.25, 0.3) is 5.91 Å². The van der Waals surface area contributed by atoms with Gasteiger partial charge in [0.05, 0.1) is 12.1 Å². The van der Waals surface area contributed by atoms with Crippen LogP contribution in [0.3, 0.4) is 0 Å². The average molecular weight is 376 g/mol. The second-order valence-corrected chi connectivity index (χ2v) is 6.15. The number of nitrogens with one attached hydrogen (secondary N) is 1. The standard InChI is InChI=1S/C16H13ClF3NO2S/c17-11-5-7-12(8-6-11)23-10-9-21-15(22)13-3-1-2-4-14(13)24-16(18,19)20/h1-8H,9-10H2,(H,21,22). The Balaban J connectivity index is 1.87. The molecule has 0 saturated heterocycles. The van der Waals surface area contributed by atoms with E-state index in [1.807, 2.05) is 0 Å². The van der Waals surface area contributed by atoms with E-state index in [2.05, 4.69) is 5.32 Å². The second kappa shape index (κ2) is 8.30. The first kappa shape index (κ1) is 18.5. The fourth-order valence-electron chi connectivity index (χ4n) is 1.83. The van der Waals surface area contributed by atoms with E-state index in [0.29, 0.717) is 10.8 Å². The maximum absolute atomic E-state index is 12.5. The molecule has 0 spiro atoms. The molecule has 128 valence electrons. The van der Waals surface area contributed by atoms with Gasteiger partial charge in [-0.2, -0.15) is 13.2 Å². The van der Waals surface area contributed by atoms with Crippen molar-refractivity contribution < 1.29 is 22.7 Å². The lowest BCUT2D eigenvalue weighted by Gasteiger charge is -2.12. The largest absolute Gasteiger partial charge is 0.492 e. The van der Waals surface area contributed by atoms with Crippen molar-refractivity contribution in [2.75, 3.05) is 13.2 Å². The van der Waals surface area contributed by atoms with Gasteiger partial charge in [0, 0.05) is 9.92 Å². The molecule has 2 aromatic carbocycles. The van der Waals surface area contributed by atoms with Crippen LogP contribution >= 0.6 is 23.4 Å². The molecule has 2 aromatic rings. The van der Waals surface area contributed by atoms with Crippen LogP contribution in [0.25, 0.3) is 0 Å². The minimum Gasteiger partial charge on any atom is -0.492 e. The molecule has 0 aromatic heterocycles. The van der Waals surface area contributed by atoms with Crippen molar-refractivity contribution >= 4 is 29.3 Å². The Morgan fingerprint density at radius 3 is 2.46 bits per heavy atom. The maximum Gasteiger partial charge on any atom is 0.446 e. The van der Waals surface area contributed by atoms with Crippen LogP contribution in [0.5, 0.6) is 5.75 Å². The van der Waals surface area contributed by atoms with Crippen LogP contribution in [0.2, 0.25) is 5.02 Å². The molecule has 0 fully saturated rings. The van der Waals surface area contributed by atoms with Crippen LogP contribution in [0.1, 0.15) is 10.4 Å². The third kappa shape index (κ3) is 5.98. The van der Waals surface area contributed by atoms with Crippen molar-refractivity contribution in [3.05, 3.63) is 59.1 Å². The minimum absolute atomic E-state index is 0.0219. The summed E-state index contributed by atoms with van der Waals surface area (Å²) in [6.07, 6.45) is 0. The molecule has 0 radical (unpaired) electrons. The second-order valence-electron chi connectivity index (χ2n) is 4.60. The molecule has 0 saturated carbocycles. The molecule has 1 N–H and O–H groups in total. The molecule has 0 aliphatic heterocycles. The molecule has 24 heavy (non-hydrogen) atoms. The summed E-state index contributed by atoms with van der Waals surface area (Å²) in [5, 5.41) is 3.11. The molecule has 3 nitrogen and oxygen atoms in total. The van der Waals surface area contributed by atoms with E-state index in [1.165, 1.54) is 24.3 Å². The molecule has 0 atom stereocenters. The lowest BCUT2D eigenvalue weighted by molar-refractivity contribution is -0.0328. The zero-order valence-corrected chi connectivity index (χ0v) is 13.8. The lowest BCUT2D eigenvalue weighted by Crippen LogP contribution is -2.28. The highest BCUT2D eigenvalue weighted by Gasteiger charge is 2.31. The van der Waals surface area contributed by atoms with Crippen LogP contribution < -0.4 is 10.1 Å². The van der Waals surface area contributed by atoms with Gasteiger partial charge in [0.2, 0.25) is 0 Å². The Hall–Kier alpha value is -1.86. The molecule has 0 aliphatic carbocycles. The van der Waals surface area contributed by atoms with Crippen LogP contribution in [0.4, 0.5) is 13.2 Å². The Labute approximate surface area is 146 Å². The first-order valence-corrected chi connectivity index (χ1v) is 8.06. The number of hydrogen-bond donors (Lipinski definition) is 1. The molecule has 2 rings (SSSR count). The van der Waals surface area contributed by atoms with Crippen molar-refractivity contribution in [3.8, 4) is 5.75 Å². The summed E-state index contributed by atoms with van der Waals surface area (Å²) >= 11 is 5.44. The van der Waals surface area contributed by atoms with Gasteiger partial charge >= 0.3 is 5.51 Å². The normalized spacial score (nSPS) is 11.2. The number of hydrogen-bond acceptors (Lipinski definition) is 3. The number of alkyl halides is 3. The summed E-state index contributed by atoms with van der Waals surface area (Å²) in [6, 6.07) is 12.3. The molecular formula is C16H13ClF3NO2S. The Morgan fingerprint density at radius 1 is 1.12 bits per heavy atom. The number of carbonyl (C=O) groups excluding carboxylic acids is 1. The number of carbonyl (C=O) groups is 1. The highest BCUT2D eigenvalue weighted by molar-refractivity contribution is 8.00. The van der Waals surface area contributed by atoms with Gasteiger partial charge in [-0.3, -0.25) is 4.79 Å². The topological polar surface area (TPSA) is 38.3 Å². The summed E-state index contributed by atoms with van der Waals surface area (Å²) in [5.74, 6) is 0.00346. The summed E-state index contributed by atoms with van der Waals surface area (Å²) in [6.45, 7) is 0.342. The van der Waals surface area contributed by atoms with E-state index in [0.717, 1.165) is 0 Å². The number of rotatable bonds is 6. The van der Waals surface area contributed by atoms with Crippen LogP contribution in [0.15, 0.2) is 53.4 Å². The number of benzene rings is 2. The zero-order valence-electron chi connectivity index (χ0n) is 12.3. The van der Waals surface area contributed by atoms with Crippen molar-refractivity contribution in [1.82, 2.24) is 5.32 Å². The van der Waals surface area contributed by atoms with Crippen LogP contribution in [-0.4, -0.2) is 24.6 Å². The van der Waals surface area contributed by atoms with Crippen molar-refractivity contribution in [2.24, 2.45) is 0 Å². The Kier molecular flexibility index (Phi) is 6.39. The monoisotopic (exact) mass is 375 g/mol. The Bertz CT molecular complexity index is 692. The van der Waals surface area contributed by atoms with Crippen molar-refractivity contribution in [1.29, 1.82) is 0 Å². The zero-order chi connectivity index (χ0) is 17.6. The lowest BCUT2D eigenvalue weighted by atomic mass is 10.2. The van der Waals surface area contributed by atoms with E-state index in [4.69, 9.17) is 16.3 Å². The van der Waals surface area contributed by atoms with Gasteiger partial charge in [-0.15, -0.1) is 0 Å². The quantitative estimate of drug-likeness (QED) is 0.584. The summed E-state index contributed by atoms with van der Waals surface area (Å²) < 4.78 is 42.9. The van der Waals surface area contributed by atoms with Crippen LogP contribution in [0, 0.1) is 0 Å². The number of halogens is 4. The number of ether oxygens (including phenoxy) is 1. The minimum atomic E-state index is -4.45. The fourth-order valence-corrected chi connectivity index (χ4v) is 2.62. The fraction of sp³-hybridized carbons (Fsp3) is 0.188. The molecule has 0 bridgehead atoms. The SMILES string of the molecule is O=C(NCCOc1ccc(Cl)cc1)c1ccccc1SC(F)(F)F. The third-order valence-corrected chi connectivity index (χ3v) is 3.89. The van der Waals surface area contributed by atoms with Crippen molar-refractivity contribution in [3.63, 3.8) is 0 Å².